The van der Waals surface area contributed by atoms with Gasteiger partial charge in [-0.25, -0.2) is 4.39 Å². The van der Waals surface area contributed by atoms with E-state index in [0.29, 0.717) is 0 Å². The Hall–Kier alpha value is -0.700. The van der Waals surface area contributed by atoms with Crippen LogP contribution >= 0.6 is 12.6 Å². The summed E-state index contributed by atoms with van der Waals surface area (Å²) in [6.45, 7) is 0. The highest BCUT2D eigenvalue weighted by Crippen LogP contribution is 2.28. The van der Waals surface area contributed by atoms with E-state index in [1.807, 2.05) is 0 Å². The molecule has 1 aromatic carbocycles. The van der Waals surface area contributed by atoms with Crippen LogP contribution in [0.15, 0.2) is 18.2 Å². The van der Waals surface area contributed by atoms with Crippen LogP contribution in [0.25, 0.3) is 0 Å². The number of halogens is 1. The summed E-state index contributed by atoms with van der Waals surface area (Å²) in [6.07, 6.45) is 1.70. The molecule has 64 valence electrons. The molecule has 0 spiro atoms. The molecule has 1 heterocycles. The summed E-state index contributed by atoms with van der Waals surface area (Å²) < 4.78 is 18.1. The molecule has 2 rings (SSSR count). The van der Waals surface area contributed by atoms with E-state index in [1.54, 1.807) is 6.07 Å². The SMILES string of the molecule is Fc1ccc2c(c1)CC[C@@H](S)O2. The fourth-order valence-electron chi connectivity index (χ4n) is 1.34. The summed E-state index contributed by atoms with van der Waals surface area (Å²) in [5, 5.41) is 0. The van der Waals surface area contributed by atoms with Crippen molar-refractivity contribution in [2.75, 3.05) is 0 Å². The van der Waals surface area contributed by atoms with Crippen molar-refractivity contribution >= 4 is 12.6 Å². The van der Waals surface area contributed by atoms with Crippen molar-refractivity contribution in [2.24, 2.45) is 0 Å². The lowest BCUT2D eigenvalue weighted by atomic mass is 10.1. The van der Waals surface area contributed by atoms with Gasteiger partial charge < -0.3 is 4.74 Å². The second kappa shape index (κ2) is 2.98. The summed E-state index contributed by atoms with van der Waals surface area (Å²) in [4.78, 5) is 0. The molecule has 0 N–H and O–H groups in total. The van der Waals surface area contributed by atoms with Gasteiger partial charge >= 0.3 is 0 Å². The normalized spacial score (nSPS) is 21.3. The van der Waals surface area contributed by atoms with E-state index in [-0.39, 0.29) is 11.3 Å². The van der Waals surface area contributed by atoms with Gasteiger partial charge in [0.1, 0.15) is 17.0 Å². The fourth-order valence-corrected chi connectivity index (χ4v) is 1.59. The molecule has 0 saturated heterocycles. The van der Waals surface area contributed by atoms with Gasteiger partial charge in [-0.15, -0.1) is 12.6 Å². The third-order valence-electron chi connectivity index (χ3n) is 1.95. The topological polar surface area (TPSA) is 9.23 Å². The van der Waals surface area contributed by atoms with Gasteiger partial charge in [0.15, 0.2) is 0 Å². The molecule has 0 fully saturated rings. The van der Waals surface area contributed by atoms with Crippen molar-refractivity contribution < 1.29 is 9.13 Å². The molecule has 1 aromatic rings. The zero-order chi connectivity index (χ0) is 8.55. The molecule has 12 heavy (non-hydrogen) atoms. The van der Waals surface area contributed by atoms with Crippen molar-refractivity contribution in [2.45, 2.75) is 18.3 Å². The van der Waals surface area contributed by atoms with Crippen molar-refractivity contribution in [3.05, 3.63) is 29.6 Å². The van der Waals surface area contributed by atoms with Gasteiger partial charge in [0.2, 0.25) is 0 Å². The zero-order valence-electron chi connectivity index (χ0n) is 6.46. The van der Waals surface area contributed by atoms with Crippen molar-refractivity contribution in [3.8, 4) is 5.75 Å². The Kier molecular flexibility index (Phi) is 1.97. The Morgan fingerprint density at radius 2 is 2.33 bits per heavy atom. The summed E-state index contributed by atoms with van der Waals surface area (Å²) in [5.41, 5.74) is 0.906. The molecule has 0 aromatic heterocycles. The van der Waals surface area contributed by atoms with E-state index >= 15 is 0 Å². The predicted molar refractivity (Wildman–Crippen MR) is 48.1 cm³/mol. The molecule has 0 saturated carbocycles. The van der Waals surface area contributed by atoms with Gasteiger partial charge in [-0.05, 0) is 36.6 Å². The van der Waals surface area contributed by atoms with Crippen LogP contribution in [-0.4, -0.2) is 5.44 Å². The Labute approximate surface area is 76.0 Å². The quantitative estimate of drug-likeness (QED) is 0.609. The standard InChI is InChI=1S/C9H9FOS/c10-7-2-3-8-6(5-7)1-4-9(12)11-8/h2-3,5,9,12H,1,4H2/t9-/m1/s1. The number of rotatable bonds is 0. The minimum atomic E-state index is -0.199. The number of aryl methyl sites for hydroxylation is 1. The van der Waals surface area contributed by atoms with Crippen LogP contribution in [0.2, 0.25) is 0 Å². The molecule has 1 aliphatic heterocycles. The molecule has 3 heteroatoms. The lowest BCUT2D eigenvalue weighted by Crippen LogP contribution is -2.16. The highest BCUT2D eigenvalue weighted by molar-refractivity contribution is 7.80. The van der Waals surface area contributed by atoms with E-state index in [0.717, 1.165) is 24.2 Å². The van der Waals surface area contributed by atoms with E-state index in [2.05, 4.69) is 12.6 Å². The van der Waals surface area contributed by atoms with Crippen molar-refractivity contribution in [1.82, 2.24) is 0 Å². The highest BCUT2D eigenvalue weighted by Gasteiger charge is 2.16. The van der Waals surface area contributed by atoms with Crippen molar-refractivity contribution in [1.29, 1.82) is 0 Å². The van der Waals surface area contributed by atoms with Crippen molar-refractivity contribution in [3.63, 3.8) is 0 Å². The molecule has 0 amide bonds. The minimum Gasteiger partial charge on any atom is -0.480 e. The maximum atomic E-state index is 12.7. The molecule has 1 aliphatic rings. The minimum absolute atomic E-state index is 0.0389. The van der Waals surface area contributed by atoms with Crippen LogP contribution in [-0.2, 0) is 6.42 Å². The number of ether oxygens (including phenoxy) is 1. The first-order valence-corrected chi connectivity index (χ1v) is 4.40. The Bertz CT molecular complexity index is 301. The maximum absolute atomic E-state index is 12.7. The smallest absolute Gasteiger partial charge is 0.142 e. The molecular weight excluding hydrogens is 175 g/mol. The van der Waals surface area contributed by atoms with Gasteiger partial charge in [0.25, 0.3) is 0 Å². The summed E-state index contributed by atoms with van der Waals surface area (Å²) in [6, 6.07) is 4.59. The van der Waals surface area contributed by atoms with Crippen LogP contribution in [0.4, 0.5) is 4.39 Å². The second-order valence-electron chi connectivity index (χ2n) is 2.86. The Balaban J connectivity index is 2.37. The first-order valence-electron chi connectivity index (χ1n) is 3.89. The molecular formula is C9H9FOS. The lowest BCUT2D eigenvalue weighted by Gasteiger charge is -2.22. The lowest BCUT2D eigenvalue weighted by molar-refractivity contribution is 0.257. The fraction of sp³-hybridized carbons (Fsp3) is 0.333. The zero-order valence-corrected chi connectivity index (χ0v) is 7.35. The molecule has 0 aliphatic carbocycles. The van der Waals surface area contributed by atoms with Crippen LogP contribution in [0.1, 0.15) is 12.0 Å². The first kappa shape index (κ1) is 7.92. The van der Waals surface area contributed by atoms with Gasteiger partial charge in [0.05, 0.1) is 0 Å². The van der Waals surface area contributed by atoms with Crippen LogP contribution < -0.4 is 4.74 Å². The van der Waals surface area contributed by atoms with Crippen LogP contribution in [0.3, 0.4) is 0 Å². The average molecular weight is 184 g/mol. The molecule has 0 bridgehead atoms. The monoisotopic (exact) mass is 184 g/mol. The molecule has 1 atom stereocenters. The number of thiol groups is 1. The van der Waals surface area contributed by atoms with Gasteiger partial charge in [-0.3, -0.25) is 0 Å². The number of benzene rings is 1. The maximum Gasteiger partial charge on any atom is 0.142 e. The average Bonchev–Trinajstić information content (AvgIpc) is 2.05. The van der Waals surface area contributed by atoms with E-state index < -0.39 is 0 Å². The third kappa shape index (κ3) is 1.41. The second-order valence-corrected chi connectivity index (χ2v) is 3.44. The van der Waals surface area contributed by atoms with Gasteiger partial charge in [0, 0.05) is 0 Å². The summed E-state index contributed by atoms with van der Waals surface area (Å²) >= 11 is 4.20. The van der Waals surface area contributed by atoms with Crippen LogP contribution in [0, 0.1) is 5.82 Å². The summed E-state index contributed by atoms with van der Waals surface area (Å²) in [7, 11) is 0. The van der Waals surface area contributed by atoms with Gasteiger partial charge in [-0.2, -0.15) is 0 Å². The number of hydrogen-bond donors (Lipinski definition) is 1. The largest absolute Gasteiger partial charge is 0.480 e. The van der Waals surface area contributed by atoms with Gasteiger partial charge in [-0.1, -0.05) is 0 Å². The number of hydrogen-bond acceptors (Lipinski definition) is 2. The summed E-state index contributed by atoms with van der Waals surface area (Å²) in [5.74, 6) is 0.567. The first-order chi connectivity index (χ1) is 5.75. The molecule has 0 unspecified atom stereocenters. The van der Waals surface area contributed by atoms with E-state index in [9.17, 15) is 4.39 Å². The van der Waals surface area contributed by atoms with E-state index in [1.165, 1.54) is 12.1 Å². The predicted octanol–water partition coefficient (Wildman–Crippen LogP) is 2.41. The number of fused-ring (bicyclic) bond motifs is 1. The van der Waals surface area contributed by atoms with E-state index in [4.69, 9.17) is 4.74 Å². The third-order valence-corrected chi connectivity index (χ3v) is 2.31. The molecule has 1 nitrogen and oxygen atoms in total. The highest BCUT2D eigenvalue weighted by atomic mass is 32.1. The molecule has 0 radical (unpaired) electrons. The Morgan fingerprint density at radius 1 is 1.50 bits per heavy atom. The van der Waals surface area contributed by atoms with Crippen LogP contribution in [0.5, 0.6) is 5.75 Å². The Morgan fingerprint density at radius 3 is 3.17 bits per heavy atom.